The van der Waals surface area contributed by atoms with E-state index in [4.69, 9.17) is 10.1 Å². The van der Waals surface area contributed by atoms with Crippen LogP contribution in [0.25, 0.3) is 11.3 Å². The highest BCUT2D eigenvalue weighted by molar-refractivity contribution is 5.79. The zero-order valence-corrected chi connectivity index (χ0v) is 14.2. The molecule has 0 saturated heterocycles. The van der Waals surface area contributed by atoms with Crippen molar-refractivity contribution < 1.29 is 4.74 Å². The minimum atomic E-state index is 0.528. The molecule has 0 aromatic carbocycles. The van der Waals surface area contributed by atoms with Gasteiger partial charge in [0.25, 0.3) is 0 Å². The Labute approximate surface area is 146 Å². The Kier molecular flexibility index (Phi) is 5.03. The van der Waals surface area contributed by atoms with Crippen molar-refractivity contribution in [2.75, 3.05) is 11.9 Å². The number of aromatic nitrogens is 4. The molecule has 3 aromatic heterocycles. The zero-order chi connectivity index (χ0) is 17.6. The Morgan fingerprint density at radius 1 is 1.36 bits per heavy atom. The van der Waals surface area contributed by atoms with Crippen LogP contribution in [0.2, 0.25) is 0 Å². The lowest BCUT2D eigenvalue weighted by Gasteiger charge is -2.11. The number of hydrogen-bond acceptors (Lipinski definition) is 6. The second-order valence-corrected chi connectivity index (χ2v) is 5.48. The van der Waals surface area contributed by atoms with Crippen LogP contribution in [0.4, 0.5) is 5.69 Å². The Morgan fingerprint density at radius 3 is 2.96 bits per heavy atom. The predicted octanol–water partition coefficient (Wildman–Crippen LogP) is 2.89. The van der Waals surface area contributed by atoms with Crippen molar-refractivity contribution in [1.29, 1.82) is 5.41 Å². The second-order valence-electron chi connectivity index (χ2n) is 5.48. The third-order valence-electron chi connectivity index (χ3n) is 3.58. The second kappa shape index (κ2) is 7.57. The Balaban J connectivity index is 1.91. The summed E-state index contributed by atoms with van der Waals surface area (Å²) in [6, 6.07) is 7.53. The molecule has 7 nitrogen and oxygen atoms in total. The molecule has 2 N–H and O–H groups in total. The predicted molar refractivity (Wildman–Crippen MR) is 97.1 cm³/mol. The van der Waals surface area contributed by atoms with Gasteiger partial charge in [0.1, 0.15) is 0 Å². The Hall–Kier alpha value is -3.22. The van der Waals surface area contributed by atoms with Crippen molar-refractivity contribution in [2.45, 2.75) is 13.5 Å². The van der Waals surface area contributed by atoms with E-state index in [2.05, 4.69) is 20.4 Å². The van der Waals surface area contributed by atoms with Crippen LogP contribution in [0.5, 0.6) is 5.88 Å². The highest BCUT2D eigenvalue weighted by atomic mass is 16.5. The molecule has 3 heterocycles. The molecule has 3 rings (SSSR count). The summed E-state index contributed by atoms with van der Waals surface area (Å²) in [6.07, 6.45) is 6.70. The number of pyridine rings is 2. The Morgan fingerprint density at radius 2 is 2.24 bits per heavy atom. The molecule has 0 amide bonds. The van der Waals surface area contributed by atoms with E-state index in [-0.39, 0.29) is 0 Å². The lowest BCUT2D eigenvalue weighted by molar-refractivity contribution is 0.328. The molecule has 0 aliphatic heterocycles. The number of ether oxygens (including phenoxy) is 1. The summed E-state index contributed by atoms with van der Waals surface area (Å²) in [5, 5.41) is 15.1. The van der Waals surface area contributed by atoms with E-state index in [0.717, 1.165) is 16.8 Å². The lowest BCUT2D eigenvalue weighted by Crippen LogP contribution is -2.02. The highest BCUT2D eigenvalue weighted by Gasteiger charge is 2.11. The molecule has 0 spiro atoms. The maximum Gasteiger partial charge on any atom is 0.222 e. The molecule has 0 saturated carbocycles. The molecule has 0 atom stereocenters. The third-order valence-corrected chi connectivity index (χ3v) is 3.58. The van der Waals surface area contributed by atoms with E-state index in [0.29, 0.717) is 30.4 Å². The smallest absolute Gasteiger partial charge is 0.222 e. The molecular formula is C18H20N6O. The van der Waals surface area contributed by atoms with Gasteiger partial charge in [0.05, 0.1) is 29.8 Å². The number of anilines is 1. The molecular weight excluding hydrogens is 316 g/mol. The van der Waals surface area contributed by atoms with E-state index in [1.165, 1.54) is 6.21 Å². The van der Waals surface area contributed by atoms with Crippen molar-refractivity contribution in [1.82, 2.24) is 19.7 Å². The molecule has 7 heteroatoms. The van der Waals surface area contributed by atoms with Gasteiger partial charge >= 0.3 is 0 Å². The van der Waals surface area contributed by atoms with Gasteiger partial charge in [-0.2, -0.15) is 5.10 Å². The normalized spacial score (nSPS) is 10.5. The van der Waals surface area contributed by atoms with Gasteiger partial charge in [-0.05, 0) is 31.2 Å². The minimum Gasteiger partial charge on any atom is -0.477 e. The third kappa shape index (κ3) is 4.00. The maximum atomic E-state index is 7.56. The van der Waals surface area contributed by atoms with Crippen molar-refractivity contribution in [3.63, 3.8) is 0 Å². The minimum absolute atomic E-state index is 0.528. The fraction of sp³-hybridized carbons (Fsp3) is 0.222. The lowest BCUT2D eigenvalue weighted by atomic mass is 10.1. The fourth-order valence-corrected chi connectivity index (χ4v) is 2.47. The first-order valence-electron chi connectivity index (χ1n) is 8.01. The SMILES string of the molecule is CCOc1ncccc1-c1cc(NCc2cnn(C)c2)cc(C=N)n1. The van der Waals surface area contributed by atoms with Gasteiger partial charge < -0.3 is 15.5 Å². The number of rotatable bonds is 7. The van der Waals surface area contributed by atoms with E-state index >= 15 is 0 Å². The zero-order valence-electron chi connectivity index (χ0n) is 14.2. The summed E-state index contributed by atoms with van der Waals surface area (Å²) in [4.78, 5) is 8.78. The van der Waals surface area contributed by atoms with Gasteiger partial charge in [-0.15, -0.1) is 0 Å². The number of nitrogens with zero attached hydrogens (tertiary/aromatic N) is 4. The highest BCUT2D eigenvalue weighted by Crippen LogP contribution is 2.28. The van der Waals surface area contributed by atoms with Crippen LogP contribution in [-0.4, -0.2) is 32.6 Å². The molecule has 0 fully saturated rings. The van der Waals surface area contributed by atoms with Gasteiger partial charge in [0, 0.05) is 43.5 Å². The summed E-state index contributed by atoms with van der Waals surface area (Å²) in [5.41, 5.74) is 4.04. The van der Waals surface area contributed by atoms with Crippen LogP contribution in [-0.2, 0) is 13.6 Å². The molecule has 0 aliphatic carbocycles. The van der Waals surface area contributed by atoms with Gasteiger partial charge in [-0.1, -0.05) is 0 Å². The van der Waals surface area contributed by atoms with Gasteiger partial charge in [-0.3, -0.25) is 4.68 Å². The van der Waals surface area contributed by atoms with E-state index in [1.54, 1.807) is 10.9 Å². The first-order chi connectivity index (χ1) is 12.2. The van der Waals surface area contributed by atoms with E-state index in [1.807, 2.05) is 50.6 Å². The number of aryl methyl sites for hydroxylation is 1. The van der Waals surface area contributed by atoms with Crippen LogP contribution in [0.3, 0.4) is 0 Å². The van der Waals surface area contributed by atoms with E-state index in [9.17, 15) is 0 Å². The quantitative estimate of drug-likeness (QED) is 0.648. The maximum absolute atomic E-state index is 7.56. The van der Waals surface area contributed by atoms with Crippen LogP contribution in [0, 0.1) is 5.41 Å². The summed E-state index contributed by atoms with van der Waals surface area (Å²) in [7, 11) is 1.89. The van der Waals surface area contributed by atoms with Gasteiger partial charge in [0.2, 0.25) is 5.88 Å². The first kappa shape index (κ1) is 16.6. The Bertz CT molecular complexity index is 874. The molecule has 0 radical (unpaired) electrons. The van der Waals surface area contributed by atoms with E-state index < -0.39 is 0 Å². The van der Waals surface area contributed by atoms with Gasteiger partial charge in [0.15, 0.2) is 0 Å². The molecule has 25 heavy (non-hydrogen) atoms. The van der Waals surface area contributed by atoms with Crippen molar-refractivity contribution >= 4 is 11.9 Å². The van der Waals surface area contributed by atoms with Crippen molar-refractivity contribution in [2.24, 2.45) is 7.05 Å². The molecule has 3 aromatic rings. The van der Waals surface area contributed by atoms with Gasteiger partial charge in [-0.25, -0.2) is 9.97 Å². The largest absolute Gasteiger partial charge is 0.477 e. The average molecular weight is 336 g/mol. The standard InChI is InChI=1S/C18H20N6O/c1-3-25-18-16(5-4-6-20-18)17-8-14(7-15(9-19)23-17)21-10-13-11-22-24(2)12-13/h4-9,11-12,19H,3,10H2,1-2H3,(H,21,23). The number of nitrogens with one attached hydrogen (secondary N) is 2. The fourth-order valence-electron chi connectivity index (χ4n) is 2.47. The van der Waals surface area contributed by atoms with Crippen molar-refractivity contribution in [3.05, 3.63) is 54.1 Å². The monoisotopic (exact) mass is 336 g/mol. The molecule has 0 aliphatic rings. The summed E-state index contributed by atoms with van der Waals surface area (Å²) >= 11 is 0. The topological polar surface area (TPSA) is 88.7 Å². The first-order valence-corrected chi connectivity index (χ1v) is 8.01. The number of hydrogen-bond donors (Lipinski definition) is 2. The average Bonchev–Trinajstić information content (AvgIpc) is 3.06. The van der Waals surface area contributed by atoms with Crippen LogP contribution in [0.15, 0.2) is 42.9 Å². The van der Waals surface area contributed by atoms with Crippen molar-refractivity contribution in [3.8, 4) is 17.1 Å². The molecule has 0 unspecified atom stereocenters. The molecule has 128 valence electrons. The summed E-state index contributed by atoms with van der Waals surface area (Å²) in [6.45, 7) is 3.08. The molecule has 0 bridgehead atoms. The van der Waals surface area contributed by atoms with Crippen LogP contribution in [0.1, 0.15) is 18.2 Å². The van der Waals surface area contributed by atoms with Crippen LogP contribution < -0.4 is 10.1 Å². The van der Waals surface area contributed by atoms with Crippen LogP contribution >= 0.6 is 0 Å². The summed E-state index contributed by atoms with van der Waals surface area (Å²) < 4.78 is 7.36. The summed E-state index contributed by atoms with van der Waals surface area (Å²) in [5.74, 6) is 0.540.